The van der Waals surface area contributed by atoms with Crippen LogP contribution in [0.2, 0.25) is 5.02 Å². The lowest BCUT2D eigenvalue weighted by Gasteiger charge is -2.16. The number of nitrogens with zero attached hydrogens (tertiary/aromatic N) is 1. The number of fused-ring (bicyclic) bond motifs is 1. The largest absolute Gasteiger partial charge is 0.463 e. The summed E-state index contributed by atoms with van der Waals surface area (Å²) < 4.78 is 15.8. The quantitative estimate of drug-likeness (QED) is 0.316. The smallest absolute Gasteiger partial charge is 0.412 e. The third-order valence-electron chi connectivity index (χ3n) is 5.21. The molecule has 4 rings (SSSR count). The Morgan fingerprint density at radius 3 is 2.64 bits per heavy atom. The number of aryl methyl sites for hydroxylation is 1. The summed E-state index contributed by atoms with van der Waals surface area (Å²) in [7, 11) is 0. The Labute approximate surface area is 195 Å². The third kappa shape index (κ3) is 4.99. The molecule has 0 bridgehead atoms. The highest BCUT2D eigenvalue weighted by atomic mass is 35.5. The molecule has 1 amide bonds. The third-order valence-corrected chi connectivity index (χ3v) is 5.56. The van der Waals surface area contributed by atoms with Crippen molar-refractivity contribution in [3.63, 3.8) is 0 Å². The number of hydrogen-bond acceptors (Lipinski definition) is 6. The predicted octanol–water partition coefficient (Wildman–Crippen LogP) is 6.44. The van der Waals surface area contributed by atoms with E-state index >= 15 is 0 Å². The summed E-state index contributed by atoms with van der Waals surface area (Å²) in [6.45, 7) is 4.17. The van der Waals surface area contributed by atoms with Gasteiger partial charge in [-0.15, -0.1) is 0 Å². The molecule has 0 spiro atoms. The number of anilines is 1. The van der Waals surface area contributed by atoms with Crippen LogP contribution in [0.1, 0.15) is 29.8 Å². The molecule has 7 nitrogen and oxygen atoms in total. The first-order chi connectivity index (χ1) is 16.0. The van der Waals surface area contributed by atoms with Crippen LogP contribution < -0.4 is 5.32 Å². The molecule has 3 aromatic carbocycles. The van der Waals surface area contributed by atoms with Crippen molar-refractivity contribution in [2.24, 2.45) is 0 Å². The molecule has 8 heteroatoms. The van der Waals surface area contributed by atoms with Crippen molar-refractivity contribution in [1.82, 2.24) is 5.16 Å². The molecule has 0 radical (unpaired) electrons. The van der Waals surface area contributed by atoms with Gasteiger partial charge in [-0.25, -0.2) is 4.79 Å². The molecule has 0 fully saturated rings. The van der Waals surface area contributed by atoms with Gasteiger partial charge in [0.2, 0.25) is 0 Å². The minimum atomic E-state index is -0.622. The molecule has 0 aliphatic carbocycles. The first-order valence-electron chi connectivity index (χ1n) is 10.2. The zero-order valence-corrected chi connectivity index (χ0v) is 18.8. The molecule has 1 heterocycles. The summed E-state index contributed by atoms with van der Waals surface area (Å²) in [4.78, 5) is 23.1. The van der Waals surface area contributed by atoms with Crippen LogP contribution in [-0.4, -0.2) is 17.7 Å². The highest BCUT2D eigenvalue weighted by molar-refractivity contribution is 6.31. The van der Waals surface area contributed by atoms with Gasteiger partial charge in [0.1, 0.15) is 12.7 Å². The monoisotopic (exact) mass is 464 g/mol. The molecule has 0 saturated heterocycles. The van der Waals surface area contributed by atoms with Crippen molar-refractivity contribution < 1.29 is 23.6 Å². The number of nitrogens with one attached hydrogen (secondary N) is 1. The van der Waals surface area contributed by atoms with Crippen molar-refractivity contribution in [2.75, 3.05) is 5.32 Å². The summed E-state index contributed by atoms with van der Waals surface area (Å²) in [6.07, 6.45) is -1.16. The van der Waals surface area contributed by atoms with E-state index in [0.29, 0.717) is 39.4 Å². The number of carbonyl (C=O) groups is 2. The standard InChI is InChI=1S/C25H21ClN2O5/c1-15-24-22(27-25(30)32-16(2)20-5-3-4-6-21(20)26)11-19(12-23(24)33-28-15)18-9-7-17(8-10-18)13-31-14-29/h3-12,14,16H,13H2,1-2H3,(H,27,30)/t16-/m1/s1. The lowest BCUT2D eigenvalue weighted by Crippen LogP contribution is -2.16. The first kappa shape index (κ1) is 22.4. The number of amides is 1. The second-order valence-electron chi connectivity index (χ2n) is 7.46. The van der Waals surface area contributed by atoms with E-state index in [1.54, 1.807) is 19.9 Å². The molecule has 1 atom stereocenters. The van der Waals surface area contributed by atoms with Crippen LogP contribution in [-0.2, 0) is 20.9 Å². The summed E-state index contributed by atoms with van der Waals surface area (Å²) >= 11 is 6.22. The molecule has 1 N–H and O–H groups in total. The molecule has 1 aromatic heterocycles. The minimum absolute atomic E-state index is 0.201. The van der Waals surface area contributed by atoms with Crippen molar-refractivity contribution >= 4 is 40.8 Å². The van der Waals surface area contributed by atoms with Gasteiger partial charge in [-0.3, -0.25) is 10.1 Å². The van der Waals surface area contributed by atoms with Gasteiger partial charge in [0, 0.05) is 10.6 Å². The van der Waals surface area contributed by atoms with Crippen molar-refractivity contribution in [1.29, 1.82) is 0 Å². The zero-order valence-electron chi connectivity index (χ0n) is 18.0. The Morgan fingerprint density at radius 2 is 1.91 bits per heavy atom. The topological polar surface area (TPSA) is 90.7 Å². The van der Waals surface area contributed by atoms with Crippen LogP contribution >= 0.6 is 11.6 Å². The number of halogens is 1. The van der Waals surface area contributed by atoms with Crippen LogP contribution in [0.5, 0.6) is 0 Å². The second-order valence-corrected chi connectivity index (χ2v) is 7.87. The number of hydrogen-bond donors (Lipinski definition) is 1. The molecule has 0 aliphatic rings. The average Bonchev–Trinajstić information content (AvgIpc) is 3.19. The maximum absolute atomic E-state index is 12.7. The number of aromatic nitrogens is 1. The van der Waals surface area contributed by atoms with Gasteiger partial charge in [0.25, 0.3) is 6.47 Å². The number of benzene rings is 3. The highest BCUT2D eigenvalue weighted by Crippen LogP contribution is 2.34. The fourth-order valence-electron chi connectivity index (χ4n) is 3.58. The second kappa shape index (κ2) is 9.75. The van der Waals surface area contributed by atoms with E-state index in [0.717, 1.165) is 16.7 Å². The van der Waals surface area contributed by atoms with Crippen LogP contribution in [0.4, 0.5) is 10.5 Å². The Hall–Kier alpha value is -3.84. The Morgan fingerprint density at radius 1 is 1.15 bits per heavy atom. The Balaban J connectivity index is 1.60. The van der Waals surface area contributed by atoms with E-state index in [1.165, 1.54) is 0 Å². The number of rotatable bonds is 7. The van der Waals surface area contributed by atoms with Crippen LogP contribution in [0.15, 0.2) is 65.2 Å². The van der Waals surface area contributed by atoms with E-state index < -0.39 is 12.2 Å². The molecular formula is C25H21ClN2O5. The number of carbonyl (C=O) groups excluding carboxylic acids is 2. The normalized spacial score (nSPS) is 11.7. The van der Waals surface area contributed by atoms with E-state index in [2.05, 4.69) is 10.5 Å². The maximum Gasteiger partial charge on any atom is 0.412 e. The molecule has 0 unspecified atom stereocenters. The molecular weight excluding hydrogens is 444 g/mol. The Kier molecular flexibility index (Phi) is 6.60. The van der Waals surface area contributed by atoms with Gasteiger partial charge in [0.05, 0.1) is 16.8 Å². The summed E-state index contributed by atoms with van der Waals surface area (Å²) in [5, 5.41) is 8.07. The van der Waals surface area contributed by atoms with Crippen LogP contribution in [0.25, 0.3) is 22.1 Å². The summed E-state index contributed by atoms with van der Waals surface area (Å²) in [5.41, 5.74) is 4.98. The average molecular weight is 465 g/mol. The lowest BCUT2D eigenvalue weighted by molar-refractivity contribution is -0.129. The van der Waals surface area contributed by atoms with Gasteiger partial charge in [0.15, 0.2) is 5.58 Å². The lowest BCUT2D eigenvalue weighted by atomic mass is 10.0. The van der Waals surface area contributed by atoms with E-state index in [9.17, 15) is 9.59 Å². The minimum Gasteiger partial charge on any atom is -0.463 e. The van der Waals surface area contributed by atoms with E-state index in [-0.39, 0.29) is 6.61 Å². The van der Waals surface area contributed by atoms with Crippen molar-refractivity contribution in [3.8, 4) is 11.1 Å². The zero-order chi connectivity index (χ0) is 23.4. The van der Waals surface area contributed by atoms with Gasteiger partial charge in [-0.05, 0) is 48.7 Å². The molecule has 4 aromatic rings. The first-order valence-corrected chi connectivity index (χ1v) is 10.6. The predicted molar refractivity (Wildman–Crippen MR) is 125 cm³/mol. The summed E-state index contributed by atoms with van der Waals surface area (Å²) in [5.74, 6) is 0. The van der Waals surface area contributed by atoms with Gasteiger partial charge in [-0.1, -0.05) is 59.2 Å². The molecule has 0 saturated carbocycles. The maximum atomic E-state index is 12.7. The Bertz CT molecular complexity index is 1300. The number of ether oxygens (including phenoxy) is 2. The van der Waals surface area contributed by atoms with Gasteiger partial charge >= 0.3 is 6.09 Å². The SMILES string of the molecule is Cc1noc2cc(-c3ccc(COC=O)cc3)cc(NC(=O)O[C@H](C)c3ccccc3Cl)c12. The highest BCUT2D eigenvalue weighted by Gasteiger charge is 2.18. The van der Waals surface area contributed by atoms with Gasteiger partial charge in [-0.2, -0.15) is 0 Å². The van der Waals surface area contributed by atoms with E-state index in [4.69, 9.17) is 25.6 Å². The fourth-order valence-corrected chi connectivity index (χ4v) is 3.87. The van der Waals surface area contributed by atoms with Crippen molar-refractivity contribution in [3.05, 3.63) is 82.5 Å². The summed E-state index contributed by atoms with van der Waals surface area (Å²) in [6, 6.07) is 18.4. The fraction of sp³-hybridized carbons (Fsp3) is 0.160. The van der Waals surface area contributed by atoms with Crippen LogP contribution in [0.3, 0.4) is 0 Å². The molecule has 0 aliphatic heterocycles. The van der Waals surface area contributed by atoms with E-state index in [1.807, 2.05) is 54.6 Å². The van der Waals surface area contributed by atoms with Crippen molar-refractivity contribution in [2.45, 2.75) is 26.6 Å². The molecule has 168 valence electrons. The van der Waals surface area contributed by atoms with Crippen LogP contribution in [0, 0.1) is 6.92 Å². The van der Waals surface area contributed by atoms with Gasteiger partial charge < -0.3 is 14.0 Å². The molecule has 33 heavy (non-hydrogen) atoms.